The number of esters is 1. The first-order valence-corrected chi connectivity index (χ1v) is 24.0. The molecule has 0 aromatic heterocycles. The van der Waals surface area contributed by atoms with Gasteiger partial charge in [0.2, 0.25) is 0 Å². The molecule has 8 aliphatic rings. The molecule has 6 heterocycles. The van der Waals surface area contributed by atoms with Gasteiger partial charge in [0, 0.05) is 57.7 Å². The minimum Gasteiger partial charge on any atom is -0.459 e. The van der Waals surface area contributed by atoms with Gasteiger partial charge in [-0.2, -0.15) is 0 Å². The molecule has 14 heteroatoms. The van der Waals surface area contributed by atoms with Crippen molar-refractivity contribution in [2.75, 3.05) is 20.8 Å². The van der Waals surface area contributed by atoms with Crippen LogP contribution in [0.25, 0.3) is 0 Å². The second kappa shape index (κ2) is 20.1. The third-order valence-corrected chi connectivity index (χ3v) is 15.4. The second-order valence-corrected chi connectivity index (χ2v) is 20.0. The van der Waals surface area contributed by atoms with Gasteiger partial charge in [-0.1, -0.05) is 76.5 Å². The van der Waals surface area contributed by atoms with Crippen molar-refractivity contribution in [3.8, 4) is 0 Å². The largest absolute Gasteiger partial charge is 0.459 e. The number of rotatable bonds is 7. The van der Waals surface area contributed by atoms with Gasteiger partial charge in [0.15, 0.2) is 18.4 Å². The van der Waals surface area contributed by atoms with Crippen LogP contribution < -0.4 is 0 Å². The van der Waals surface area contributed by atoms with Crippen LogP contribution in [0.3, 0.4) is 0 Å². The third-order valence-electron chi connectivity index (χ3n) is 15.4. The maximum Gasteiger partial charge on any atom is 0.337 e. The topological polar surface area (TPSA) is 170 Å². The van der Waals surface area contributed by atoms with E-state index in [1.54, 1.807) is 33.3 Å². The van der Waals surface area contributed by atoms with Crippen molar-refractivity contribution < 1.29 is 67.5 Å². The molecule has 0 radical (unpaired) electrons. The van der Waals surface area contributed by atoms with E-state index in [0.717, 1.165) is 18.4 Å². The molecule has 14 nitrogen and oxygen atoms in total. The molecule has 6 aliphatic heterocycles. The molecule has 8 rings (SSSR count). The number of aliphatic hydroxyl groups excluding tert-OH is 2. The summed E-state index contributed by atoms with van der Waals surface area (Å²) in [5, 5.41) is 34.3. The first kappa shape index (κ1) is 48.2. The van der Waals surface area contributed by atoms with Crippen molar-refractivity contribution in [1.82, 2.24) is 0 Å². The molecule has 1 spiro atoms. The maximum absolute atomic E-state index is 14.4. The fraction of sp³-hybridized carbons (Fsp3) is 0.780. The fourth-order valence-electron chi connectivity index (χ4n) is 11.6. The zero-order valence-electron chi connectivity index (χ0n) is 39.0. The summed E-state index contributed by atoms with van der Waals surface area (Å²) < 4.78 is 64.1. The van der Waals surface area contributed by atoms with Crippen LogP contribution >= 0.6 is 0 Å². The summed E-state index contributed by atoms with van der Waals surface area (Å²) in [6.07, 6.45) is 13.8. The van der Waals surface area contributed by atoms with Gasteiger partial charge < -0.3 is 62.7 Å². The van der Waals surface area contributed by atoms with E-state index < -0.39 is 90.8 Å². The molecule has 0 aromatic carbocycles. The standard InChI is InChI=1S/C50H74O14/c1-27-13-12-16-34-26-57-47-42(51)30(4)21-37(50(34,47)54)48(53)60-36-22-35(63-49(25-36)20-19-29(3)45(64-49)33-14-10-9-11-15-33)18-17-28(2)44(27)61-41-24-39(56-8)46(32(6)59-41)62-40-23-38(55-7)43(52)31(5)58-40/h12-13,16-17,19-21,27,29-33,35-36,38-47,51-52,54H,9-11,14-15,18,22-26H2,1-8H3/t27-,29-,30-,31-,32-,35+,36-,38-,39-,40-,41-,42+,43-,44-,45-,46-,47+,49+,50+/m0/s1. The molecule has 64 heavy (non-hydrogen) atoms. The van der Waals surface area contributed by atoms with E-state index in [0.29, 0.717) is 43.6 Å². The summed E-state index contributed by atoms with van der Waals surface area (Å²) in [4.78, 5) is 14.4. The molecule has 2 bridgehead atoms. The number of hydrogen-bond donors (Lipinski definition) is 3. The first-order chi connectivity index (χ1) is 30.6. The van der Waals surface area contributed by atoms with Crippen molar-refractivity contribution in [3.05, 3.63) is 59.3 Å². The number of ether oxygens (including phenoxy) is 10. The van der Waals surface area contributed by atoms with Crippen LogP contribution in [0.2, 0.25) is 0 Å². The van der Waals surface area contributed by atoms with E-state index in [2.05, 4.69) is 32.9 Å². The van der Waals surface area contributed by atoms with E-state index in [4.69, 9.17) is 47.4 Å². The SMILES string of the molecule is CO[C@H]1C[C@H](O[C@H]2[C@H](C)O[C@@H](O[C@@H]3C(C)=CC[C@@H]4C[C@@H](C[C@]5(C=C[C@H](C)[C@@H](C6CCCCC6)O5)O4)OC(=O)C4=C[C@H](C)[C@@H](O)[C@H]5OCC(=CC=C[C@@H]3C)[C@@]45O)C[C@@H]2OC)O[C@@H](C)[C@@H]1O. The summed E-state index contributed by atoms with van der Waals surface area (Å²) in [7, 11) is 3.23. The molecule has 0 amide bonds. The predicted octanol–water partition coefficient (Wildman–Crippen LogP) is 5.91. The van der Waals surface area contributed by atoms with Crippen LogP contribution in [0, 0.1) is 23.7 Å². The average molecular weight is 899 g/mol. The third kappa shape index (κ3) is 9.82. The van der Waals surface area contributed by atoms with Gasteiger partial charge in [-0.15, -0.1) is 0 Å². The molecule has 19 atom stereocenters. The Kier molecular flexibility index (Phi) is 15.1. The van der Waals surface area contributed by atoms with Gasteiger partial charge in [0.1, 0.15) is 30.0 Å². The minimum atomic E-state index is -1.89. The molecule has 358 valence electrons. The Morgan fingerprint density at radius 1 is 0.797 bits per heavy atom. The number of aliphatic hydroxyl groups is 3. The molecular weight excluding hydrogens is 825 g/mol. The number of fused-ring (bicyclic) bond motifs is 2. The molecule has 0 aromatic rings. The van der Waals surface area contributed by atoms with Gasteiger partial charge in [0.05, 0.1) is 61.0 Å². The lowest BCUT2D eigenvalue weighted by Crippen LogP contribution is -2.56. The molecule has 0 unspecified atom stereocenters. The van der Waals surface area contributed by atoms with Gasteiger partial charge in [-0.3, -0.25) is 0 Å². The Morgan fingerprint density at radius 2 is 1.52 bits per heavy atom. The Labute approximate surface area is 379 Å². The van der Waals surface area contributed by atoms with Crippen LogP contribution in [0.4, 0.5) is 0 Å². The van der Waals surface area contributed by atoms with Crippen LogP contribution in [-0.2, 0) is 52.2 Å². The van der Waals surface area contributed by atoms with E-state index >= 15 is 0 Å². The summed E-state index contributed by atoms with van der Waals surface area (Å²) in [6, 6.07) is 0. The normalized spacial score (nSPS) is 47.1. The van der Waals surface area contributed by atoms with Crippen LogP contribution in [0.1, 0.15) is 106 Å². The van der Waals surface area contributed by atoms with Crippen LogP contribution in [-0.4, -0.2) is 139 Å². The fourth-order valence-corrected chi connectivity index (χ4v) is 11.6. The Hall–Kier alpha value is -2.31. The lowest BCUT2D eigenvalue weighted by Gasteiger charge is -2.49. The number of methoxy groups -OCH3 is 2. The van der Waals surface area contributed by atoms with Crippen LogP contribution in [0.5, 0.6) is 0 Å². The molecular formula is C50H74O14. The van der Waals surface area contributed by atoms with Crippen molar-refractivity contribution >= 4 is 5.97 Å². The quantitative estimate of drug-likeness (QED) is 0.204. The maximum atomic E-state index is 14.4. The first-order valence-electron chi connectivity index (χ1n) is 24.0. The lowest BCUT2D eigenvalue weighted by molar-refractivity contribution is -0.318. The van der Waals surface area contributed by atoms with E-state index in [-0.39, 0.29) is 42.3 Å². The number of carbonyl (C=O) groups excluding carboxylic acids is 1. The second-order valence-electron chi connectivity index (χ2n) is 20.0. The van der Waals surface area contributed by atoms with Gasteiger partial charge >= 0.3 is 5.97 Å². The minimum absolute atomic E-state index is 0.0260. The van der Waals surface area contributed by atoms with Crippen LogP contribution in [0.15, 0.2) is 59.3 Å². The van der Waals surface area contributed by atoms with Crippen molar-refractivity contribution in [3.63, 3.8) is 0 Å². The highest BCUT2D eigenvalue weighted by molar-refractivity contribution is 5.93. The average Bonchev–Trinajstić information content (AvgIpc) is 3.62. The van der Waals surface area contributed by atoms with E-state index in [1.807, 2.05) is 32.1 Å². The van der Waals surface area contributed by atoms with Crippen molar-refractivity contribution in [2.45, 2.75) is 203 Å². The Balaban J connectivity index is 1.08. The summed E-state index contributed by atoms with van der Waals surface area (Å²) in [5.41, 5.74) is -0.390. The number of hydrogen-bond acceptors (Lipinski definition) is 14. The Bertz CT molecular complexity index is 1790. The predicted molar refractivity (Wildman–Crippen MR) is 234 cm³/mol. The highest BCUT2D eigenvalue weighted by Crippen LogP contribution is 2.47. The van der Waals surface area contributed by atoms with Gasteiger partial charge in [-0.25, -0.2) is 4.79 Å². The molecule has 3 N–H and O–H groups in total. The zero-order valence-corrected chi connectivity index (χ0v) is 39.0. The Morgan fingerprint density at radius 3 is 2.27 bits per heavy atom. The molecule has 1 saturated carbocycles. The van der Waals surface area contributed by atoms with E-state index in [1.165, 1.54) is 19.3 Å². The summed E-state index contributed by atoms with van der Waals surface area (Å²) in [6.45, 7) is 11.9. The smallest absolute Gasteiger partial charge is 0.337 e. The van der Waals surface area contributed by atoms with Crippen molar-refractivity contribution in [1.29, 1.82) is 0 Å². The van der Waals surface area contributed by atoms with Crippen molar-refractivity contribution in [2.24, 2.45) is 23.7 Å². The summed E-state index contributed by atoms with van der Waals surface area (Å²) in [5.74, 6) is -1.75. The van der Waals surface area contributed by atoms with E-state index in [9.17, 15) is 20.1 Å². The molecule has 5 fully saturated rings. The molecule has 2 aliphatic carbocycles. The zero-order chi connectivity index (χ0) is 45.5. The number of carbonyl (C=O) groups is 1. The van der Waals surface area contributed by atoms with Gasteiger partial charge in [-0.05, 0) is 63.2 Å². The monoisotopic (exact) mass is 899 g/mol. The molecule has 4 saturated heterocycles. The summed E-state index contributed by atoms with van der Waals surface area (Å²) >= 11 is 0. The lowest BCUT2D eigenvalue weighted by atomic mass is 9.72. The van der Waals surface area contributed by atoms with Gasteiger partial charge in [0.25, 0.3) is 0 Å². The highest BCUT2D eigenvalue weighted by Gasteiger charge is 2.59. The highest BCUT2D eigenvalue weighted by atomic mass is 16.7. The number of allylic oxidation sites excluding steroid dienone is 2.